The van der Waals surface area contributed by atoms with Crippen LogP contribution in [-0.2, 0) is 25.2 Å². The molecule has 0 aromatic heterocycles. The maximum absolute atomic E-state index is 14.1. The van der Waals surface area contributed by atoms with Gasteiger partial charge in [-0.1, -0.05) is 31.2 Å². The first-order chi connectivity index (χ1) is 14.9. The summed E-state index contributed by atoms with van der Waals surface area (Å²) in [4.78, 5) is 12.1. The van der Waals surface area contributed by atoms with Crippen LogP contribution in [0.25, 0.3) is 0 Å². The Balaban J connectivity index is 2.41. The van der Waals surface area contributed by atoms with E-state index < -0.39 is 66.6 Å². The van der Waals surface area contributed by atoms with Crippen LogP contribution in [0, 0.1) is 41.9 Å². The third kappa shape index (κ3) is 6.07. The van der Waals surface area contributed by atoms with Crippen molar-refractivity contribution in [1.82, 2.24) is 0 Å². The lowest BCUT2D eigenvalue weighted by Gasteiger charge is -2.23. The van der Waals surface area contributed by atoms with E-state index in [-0.39, 0.29) is 6.61 Å². The van der Waals surface area contributed by atoms with Crippen LogP contribution in [0.1, 0.15) is 31.9 Å². The number of esters is 1. The second-order valence-electron chi connectivity index (χ2n) is 7.37. The van der Waals surface area contributed by atoms with Crippen molar-refractivity contribution in [3.8, 4) is 5.75 Å². The molecular weight excluding hydrogens is 458 g/mol. The molecule has 0 saturated carbocycles. The van der Waals surface area contributed by atoms with E-state index in [4.69, 9.17) is 13.8 Å². The number of carbonyl (C=O) groups is 1. The summed E-state index contributed by atoms with van der Waals surface area (Å²) in [6, 6.07) is 6.73. The predicted molar refractivity (Wildman–Crippen MR) is 106 cm³/mol. The van der Waals surface area contributed by atoms with Crippen molar-refractivity contribution in [2.45, 2.75) is 40.4 Å². The Labute approximate surface area is 182 Å². The smallest absolute Gasteiger partial charge is 0.380 e. The van der Waals surface area contributed by atoms with Crippen LogP contribution in [0.15, 0.2) is 24.3 Å². The fraction of sp³-hybridized carbons (Fsp3) is 0.381. The van der Waals surface area contributed by atoms with Crippen molar-refractivity contribution in [3.63, 3.8) is 0 Å². The van der Waals surface area contributed by atoms with Gasteiger partial charge in [0.2, 0.25) is 34.8 Å². The van der Waals surface area contributed by atoms with Crippen molar-refractivity contribution < 1.29 is 45.1 Å². The predicted octanol–water partition coefficient (Wildman–Crippen LogP) is 6.07. The van der Waals surface area contributed by atoms with E-state index in [1.54, 1.807) is 45.0 Å². The van der Waals surface area contributed by atoms with Gasteiger partial charge in [0.05, 0.1) is 24.8 Å². The summed E-state index contributed by atoms with van der Waals surface area (Å²) in [5, 5.41) is 0. The molecule has 0 bridgehead atoms. The van der Waals surface area contributed by atoms with Gasteiger partial charge in [-0.3, -0.25) is 9.32 Å². The zero-order chi connectivity index (χ0) is 24.2. The van der Waals surface area contributed by atoms with Crippen molar-refractivity contribution >= 4 is 13.6 Å². The standard InChI is InChI=1S/C21H22F5O5P/c1-11(2)30-21(27)13(4)10-32(28,29-9-14-8-6-5-7-12(14)3)31-20-18(25)16(23)15(22)17(24)19(20)26/h5-8,11,13H,9-10H2,1-4H3/t13-,32-/m0/s1. The third-order valence-corrected chi connectivity index (χ3v) is 6.31. The minimum absolute atomic E-state index is 0.370. The van der Waals surface area contributed by atoms with Crippen LogP contribution in [0.5, 0.6) is 5.75 Å². The van der Waals surface area contributed by atoms with Crippen LogP contribution in [-0.4, -0.2) is 18.2 Å². The summed E-state index contributed by atoms with van der Waals surface area (Å²) in [6.45, 7) is 5.80. The summed E-state index contributed by atoms with van der Waals surface area (Å²) >= 11 is 0. The molecule has 0 amide bonds. The summed E-state index contributed by atoms with van der Waals surface area (Å²) in [6.07, 6.45) is -1.24. The van der Waals surface area contributed by atoms with Gasteiger partial charge >= 0.3 is 13.6 Å². The van der Waals surface area contributed by atoms with Gasteiger partial charge in [0.25, 0.3) is 0 Å². The normalized spacial score (nSPS) is 14.2. The molecule has 0 unspecified atom stereocenters. The van der Waals surface area contributed by atoms with Gasteiger partial charge in [-0.15, -0.1) is 0 Å². The Morgan fingerprint density at radius 2 is 1.47 bits per heavy atom. The number of halogens is 5. The molecule has 2 rings (SSSR count). The Hall–Kier alpha value is -2.45. The number of hydrogen-bond acceptors (Lipinski definition) is 5. The highest BCUT2D eigenvalue weighted by Crippen LogP contribution is 2.52. The number of ether oxygens (including phenoxy) is 1. The number of carbonyl (C=O) groups excluding carboxylic acids is 1. The van der Waals surface area contributed by atoms with E-state index in [0.29, 0.717) is 5.56 Å². The van der Waals surface area contributed by atoms with E-state index in [9.17, 15) is 31.3 Å². The number of benzene rings is 2. The van der Waals surface area contributed by atoms with Crippen LogP contribution in [0.2, 0.25) is 0 Å². The van der Waals surface area contributed by atoms with Crippen molar-refractivity contribution in [2.75, 3.05) is 6.16 Å². The molecule has 11 heteroatoms. The van der Waals surface area contributed by atoms with Gasteiger partial charge < -0.3 is 9.26 Å². The molecule has 0 radical (unpaired) electrons. The lowest BCUT2D eigenvalue weighted by molar-refractivity contribution is -0.151. The van der Waals surface area contributed by atoms with E-state index in [2.05, 4.69) is 0 Å². The Morgan fingerprint density at radius 1 is 0.938 bits per heavy atom. The largest absolute Gasteiger partial charge is 0.463 e. The van der Waals surface area contributed by atoms with E-state index in [1.807, 2.05) is 0 Å². The number of hydrogen-bond donors (Lipinski definition) is 0. The lowest BCUT2D eigenvalue weighted by atomic mass is 10.1. The van der Waals surface area contributed by atoms with Crippen LogP contribution in [0.4, 0.5) is 22.0 Å². The van der Waals surface area contributed by atoms with Crippen LogP contribution >= 0.6 is 7.60 Å². The Bertz CT molecular complexity index is 1010. The van der Waals surface area contributed by atoms with E-state index in [0.717, 1.165) is 5.56 Å². The highest BCUT2D eigenvalue weighted by molar-refractivity contribution is 7.54. The number of aryl methyl sites for hydroxylation is 1. The first-order valence-electron chi connectivity index (χ1n) is 9.56. The second kappa shape index (κ2) is 10.4. The molecule has 2 atom stereocenters. The molecule has 0 aliphatic carbocycles. The van der Waals surface area contributed by atoms with Gasteiger partial charge in [0.1, 0.15) is 0 Å². The first-order valence-corrected chi connectivity index (χ1v) is 11.3. The molecule has 2 aromatic carbocycles. The molecule has 0 aliphatic heterocycles. The highest BCUT2D eigenvalue weighted by atomic mass is 31.2. The molecule has 0 fully saturated rings. The molecule has 2 aromatic rings. The second-order valence-corrected chi connectivity index (χ2v) is 9.40. The average Bonchev–Trinajstić information content (AvgIpc) is 2.73. The average molecular weight is 480 g/mol. The molecule has 0 saturated heterocycles. The van der Waals surface area contributed by atoms with Crippen molar-refractivity contribution in [3.05, 3.63) is 64.5 Å². The Kier molecular flexibility index (Phi) is 8.42. The van der Waals surface area contributed by atoms with Gasteiger partial charge in [0, 0.05) is 0 Å². The third-order valence-electron chi connectivity index (χ3n) is 4.33. The minimum Gasteiger partial charge on any atom is -0.463 e. The molecule has 0 aliphatic rings. The summed E-state index contributed by atoms with van der Waals surface area (Å²) in [5.74, 6) is -15.2. The zero-order valence-electron chi connectivity index (χ0n) is 17.8. The van der Waals surface area contributed by atoms with Gasteiger partial charge in [-0.25, -0.2) is 17.7 Å². The highest BCUT2D eigenvalue weighted by Gasteiger charge is 2.37. The molecule has 5 nitrogen and oxygen atoms in total. The van der Waals surface area contributed by atoms with E-state index >= 15 is 0 Å². The maximum atomic E-state index is 14.1. The van der Waals surface area contributed by atoms with Crippen LogP contribution in [0.3, 0.4) is 0 Å². The van der Waals surface area contributed by atoms with Crippen molar-refractivity contribution in [1.29, 1.82) is 0 Å². The molecule has 0 heterocycles. The fourth-order valence-electron chi connectivity index (χ4n) is 2.62. The minimum atomic E-state index is -4.63. The summed E-state index contributed by atoms with van der Waals surface area (Å²) < 4.78 is 97.2. The van der Waals surface area contributed by atoms with E-state index in [1.165, 1.54) is 6.92 Å². The maximum Gasteiger partial charge on any atom is 0.380 e. The number of rotatable bonds is 9. The molecular formula is C21H22F5O5P. The fourth-order valence-corrected chi connectivity index (χ4v) is 4.45. The first kappa shape index (κ1) is 25.8. The molecule has 0 spiro atoms. The topological polar surface area (TPSA) is 61.8 Å². The van der Waals surface area contributed by atoms with Crippen LogP contribution < -0.4 is 4.52 Å². The lowest BCUT2D eigenvalue weighted by Crippen LogP contribution is -2.23. The molecule has 32 heavy (non-hydrogen) atoms. The summed E-state index contributed by atoms with van der Waals surface area (Å²) in [7, 11) is -4.63. The van der Waals surface area contributed by atoms with Gasteiger partial charge in [0.15, 0.2) is 0 Å². The van der Waals surface area contributed by atoms with Gasteiger partial charge in [-0.2, -0.15) is 8.78 Å². The Morgan fingerprint density at radius 3 is 2.00 bits per heavy atom. The van der Waals surface area contributed by atoms with Crippen molar-refractivity contribution in [2.24, 2.45) is 5.92 Å². The SMILES string of the molecule is Cc1ccccc1CO[P@@](=O)(C[C@H](C)C(=O)OC(C)C)Oc1c(F)c(F)c(F)c(F)c1F. The summed E-state index contributed by atoms with van der Waals surface area (Å²) in [5.41, 5.74) is 1.26. The monoisotopic (exact) mass is 480 g/mol. The molecule has 176 valence electrons. The quantitative estimate of drug-likeness (QED) is 0.143. The molecule has 0 N–H and O–H groups in total. The van der Waals surface area contributed by atoms with Gasteiger partial charge in [-0.05, 0) is 31.9 Å². The zero-order valence-corrected chi connectivity index (χ0v) is 18.7.